The fourth-order valence-corrected chi connectivity index (χ4v) is 2.33. The molecule has 112 valence electrons. The van der Waals surface area contributed by atoms with Crippen LogP contribution in [0.25, 0.3) is 0 Å². The number of amides is 1. The molecule has 0 fully saturated rings. The Balaban J connectivity index is 2.35. The molecule has 2 rings (SSSR count). The third-order valence-electron chi connectivity index (χ3n) is 2.79. The van der Waals surface area contributed by atoms with Gasteiger partial charge in [-0.3, -0.25) is 9.48 Å². The lowest BCUT2D eigenvalue weighted by molar-refractivity contribution is -0.136. The minimum atomic E-state index is -4.54. The lowest BCUT2D eigenvalue weighted by Crippen LogP contribution is -2.20. The summed E-state index contributed by atoms with van der Waals surface area (Å²) < 4.78 is 40.5. The Labute approximate surface area is 127 Å². The van der Waals surface area contributed by atoms with Crippen molar-refractivity contribution in [3.63, 3.8) is 0 Å². The molecule has 0 saturated heterocycles. The molecule has 2 aromatic rings. The van der Waals surface area contributed by atoms with E-state index >= 15 is 0 Å². The summed E-state index contributed by atoms with van der Waals surface area (Å²) in [6, 6.07) is 4.82. The third kappa shape index (κ3) is 3.26. The van der Waals surface area contributed by atoms with Crippen molar-refractivity contribution >= 4 is 27.5 Å². The van der Waals surface area contributed by atoms with E-state index < -0.39 is 17.6 Å². The minimum Gasteiger partial charge on any atom is -0.320 e. The van der Waals surface area contributed by atoms with E-state index in [2.05, 4.69) is 26.3 Å². The standard InChI is InChI=1S/C13H11BrF3N3O/c1-2-20-11(9(14)7-18-20)12(21)19-10-6-4-3-5-8(10)13(15,16)17/h3-7H,2H2,1H3,(H,19,21). The topological polar surface area (TPSA) is 46.9 Å². The maximum atomic E-state index is 12.9. The van der Waals surface area contributed by atoms with Crippen molar-refractivity contribution in [1.82, 2.24) is 9.78 Å². The van der Waals surface area contributed by atoms with Gasteiger partial charge in [0.1, 0.15) is 5.69 Å². The van der Waals surface area contributed by atoms with Gasteiger partial charge >= 0.3 is 6.18 Å². The molecule has 0 aliphatic heterocycles. The number of rotatable bonds is 3. The van der Waals surface area contributed by atoms with Crippen LogP contribution in [0.2, 0.25) is 0 Å². The first-order valence-electron chi connectivity index (χ1n) is 6.03. The zero-order valence-electron chi connectivity index (χ0n) is 10.9. The van der Waals surface area contributed by atoms with Crippen molar-refractivity contribution in [2.75, 3.05) is 5.32 Å². The van der Waals surface area contributed by atoms with Crippen LogP contribution in [0, 0.1) is 0 Å². The first-order chi connectivity index (χ1) is 9.84. The van der Waals surface area contributed by atoms with Crippen LogP contribution in [-0.4, -0.2) is 15.7 Å². The summed E-state index contributed by atoms with van der Waals surface area (Å²) in [6.45, 7) is 2.20. The maximum Gasteiger partial charge on any atom is 0.418 e. The number of alkyl halides is 3. The minimum absolute atomic E-state index is 0.175. The van der Waals surface area contributed by atoms with Crippen molar-refractivity contribution in [3.8, 4) is 0 Å². The summed E-state index contributed by atoms with van der Waals surface area (Å²) in [5, 5.41) is 6.24. The summed E-state index contributed by atoms with van der Waals surface area (Å²) in [7, 11) is 0. The van der Waals surface area contributed by atoms with Gasteiger partial charge in [0.25, 0.3) is 5.91 Å². The average molecular weight is 362 g/mol. The Bertz CT molecular complexity index is 667. The Morgan fingerprint density at radius 2 is 2.05 bits per heavy atom. The largest absolute Gasteiger partial charge is 0.418 e. The van der Waals surface area contributed by atoms with Crippen LogP contribution < -0.4 is 5.32 Å². The monoisotopic (exact) mass is 361 g/mol. The van der Waals surface area contributed by atoms with Crippen molar-refractivity contribution in [2.45, 2.75) is 19.6 Å². The second-order valence-electron chi connectivity index (χ2n) is 4.15. The second-order valence-corrected chi connectivity index (χ2v) is 5.01. The van der Waals surface area contributed by atoms with E-state index in [1.165, 1.54) is 29.1 Å². The molecule has 0 bridgehead atoms. The number of aromatic nitrogens is 2. The van der Waals surface area contributed by atoms with Crippen LogP contribution in [-0.2, 0) is 12.7 Å². The molecule has 0 aliphatic carbocycles. The van der Waals surface area contributed by atoms with Gasteiger partial charge in [-0.2, -0.15) is 18.3 Å². The van der Waals surface area contributed by atoms with Crippen LogP contribution in [0.5, 0.6) is 0 Å². The predicted octanol–water partition coefficient (Wildman–Crippen LogP) is 3.94. The highest BCUT2D eigenvalue weighted by Crippen LogP contribution is 2.34. The van der Waals surface area contributed by atoms with E-state index in [4.69, 9.17) is 0 Å². The zero-order valence-corrected chi connectivity index (χ0v) is 12.5. The molecule has 1 aromatic heterocycles. The molecule has 1 N–H and O–H groups in total. The molecule has 0 atom stereocenters. The van der Waals surface area contributed by atoms with Crippen LogP contribution >= 0.6 is 15.9 Å². The Hall–Kier alpha value is -1.83. The molecule has 0 saturated carbocycles. The number of carbonyl (C=O) groups excluding carboxylic acids is 1. The molecule has 21 heavy (non-hydrogen) atoms. The van der Waals surface area contributed by atoms with Crippen LogP contribution in [0.3, 0.4) is 0 Å². The molecule has 1 amide bonds. The number of carbonyl (C=O) groups is 1. The molecule has 8 heteroatoms. The van der Waals surface area contributed by atoms with Gasteiger partial charge in [-0.05, 0) is 35.0 Å². The molecule has 4 nitrogen and oxygen atoms in total. The lowest BCUT2D eigenvalue weighted by atomic mass is 10.1. The molecular formula is C13H11BrF3N3O. The van der Waals surface area contributed by atoms with E-state index in [-0.39, 0.29) is 11.4 Å². The summed E-state index contributed by atoms with van der Waals surface area (Å²) in [4.78, 5) is 12.2. The zero-order chi connectivity index (χ0) is 15.6. The summed E-state index contributed by atoms with van der Waals surface area (Å²) in [5.74, 6) is -0.655. The van der Waals surface area contributed by atoms with Gasteiger partial charge in [0.15, 0.2) is 0 Å². The predicted molar refractivity (Wildman–Crippen MR) is 75.0 cm³/mol. The summed E-state index contributed by atoms with van der Waals surface area (Å²) in [6.07, 6.45) is -3.11. The van der Waals surface area contributed by atoms with Crippen molar-refractivity contribution < 1.29 is 18.0 Å². The molecular weight excluding hydrogens is 351 g/mol. The molecule has 0 radical (unpaired) electrons. The van der Waals surface area contributed by atoms with E-state index in [0.29, 0.717) is 11.0 Å². The number of hydrogen-bond acceptors (Lipinski definition) is 2. The van der Waals surface area contributed by atoms with Gasteiger partial charge in [0.05, 0.1) is 21.9 Å². The number of benzene rings is 1. The lowest BCUT2D eigenvalue weighted by Gasteiger charge is -2.14. The number of nitrogens with one attached hydrogen (secondary N) is 1. The Morgan fingerprint density at radius 1 is 1.38 bits per heavy atom. The van der Waals surface area contributed by atoms with Gasteiger partial charge in [-0.25, -0.2) is 0 Å². The summed E-state index contributed by atoms with van der Waals surface area (Å²) in [5.41, 5.74) is -1.00. The number of halogens is 4. The normalized spacial score (nSPS) is 11.5. The molecule has 0 aliphatic rings. The second kappa shape index (κ2) is 5.88. The molecule has 0 unspecified atom stereocenters. The first-order valence-corrected chi connectivity index (χ1v) is 6.82. The number of hydrogen-bond donors (Lipinski definition) is 1. The van der Waals surface area contributed by atoms with E-state index in [0.717, 1.165) is 6.07 Å². The number of para-hydroxylation sites is 1. The first kappa shape index (κ1) is 15.6. The highest BCUT2D eigenvalue weighted by Gasteiger charge is 2.33. The maximum absolute atomic E-state index is 12.9. The Kier molecular flexibility index (Phi) is 4.36. The van der Waals surface area contributed by atoms with Crippen LogP contribution in [0.4, 0.5) is 18.9 Å². The van der Waals surface area contributed by atoms with Gasteiger partial charge in [-0.1, -0.05) is 12.1 Å². The van der Waals surface area contributed by atoms with Crippen LogP contribution in [0.15, 0.2) is 34.9 Å². The van der Waals surface area contributed by atoms with Gasteiger partial charge in [0.2, 0.25) is 0 Å². The Morgan fingerprint density at radius 3 is 2.67 bits per heavy atom. The average Bonchev–Trinajstić information content (AvgIpc) is 2.79. The summed E-state index contributed by atoms with van der Waals surface area (Å²) >= 11 is 3.16. The molecule has 0 spiro atoms. The van der Waals surface area contributed by atoms with Gasteiger partial charge in [-0.15, -0.1) is 0 Å². The fourth-order valence-electron chi connectivity index (χ4n) is 1.85. The van der Waals surface area contributed by atoms with Gasteiger partial charge < -0.3 is 5.32 Å². The van der Waals surface area contributed by atoms with E-state index in [1.54, 1.807) is 6.92 Å². The quantitative estimate of drug-likeness (QED) is 0.899. The van der Waals surface area contributed by atoms with Crippen molar-refractivity contribution in [2.24, 2.45) is 0 Å². The fraction of sp³-hybridized carbons (Fsp3) is 0.231. The molecule has 1 heterocycles. The van der Waals surface area contributed by atoms with Gasteiger partial charge in [0, 0.05) is 6.54 Å². The third-order valence-corrected chi connectivity index (χ3v) is 3.37. The number of anilines is 1. The van der Waals surface area contributed by atoms with E-state index in [1.807, 2.05) is 0 Å². The molecule has 1 aromatic carbocycles. The highest BCUT2D eigenvalue weighted by atomic mass is 79.9. The highest BCUT2D eigenvalue weighted by molar-refractivity contribution is 9.10. The smallest absolute Gasteiger partial charge is 0.320 e. The van der Waals surface area contributed by atoms with E-state index in [9.17, 15) is 18.0 Å². The SMILES string of the molecule is CCn1ncc(Br)c1C(=O)Nc1ccccc1C(F)(F)F. The van der Waals surface area contributed by atoms with Crippen molar-refractivity contribution in [1.29, 1.82) is 0 Å². The van der Waals surface area contributed by atoms with Crippen LogP contribution in [0.1, 0.15) is 23.0 Å². The van der Waals surface area contributed by atoms with Crippen molar-refractivity contribution in [3.05, 3.63) is 46.2 Å². The number of aryl methyl sites for hydroxylation is 1. The number of nitrogens with zero attached hydrogens (tertiary/aromatic N) is 2.